The molecule has 4 N–H and O–H groups in total. The molecule has 7 nitrogen and oxygen atoms in total. The van der Waals surface area contributed by atoms with Crippen LogP contribution in [0.4, 0.5) is 14.4 Å². The summed E-state index contributed by atoms with van der Waals surface area (Å²) in [6.07, 6.45) is 0. The summed E-state index contributed by atoms with van der Waals surface area (Å²) in [6, 6.07) is -2.61. The van der Waals surface area contributed by atoms with Crippen LogP contribution in [0, 0.1) is 0 Å². The minimum absolute atomic E-state index is 0.0543. The average Bonchev–Trinajstić information content (AvgIpc) is 1.98. The van der Waals surface area contributed by atoms with Crippen molar-refractivity contribution < 1.29 is 14.4 Å². The van der Waals surface area contributed by atoms with Crippen molar-refractivity contribution in [2.75, 3.05) is 0 Å². The molecule has 0 radical (unpaired) electrons. The predicted molar refractivity (Wildman–Crippen MR) is 58.8 cm³/mol. The number of carbonyl (C=O) groups is 3. The first-order valence-corrected chi connectivity index (χ1v) is 4.95. The Bertz CT molecular complexity index is 280. The molecule has 0 aromatic carbocycles. The number of primary amides is 1. The highest BCUT2D eigenvalue weighted by Gasteiger charge is 2.21. The number of nitrogens with one attached hydrogen (secondary N) is 2. The molecule has 0 aromatic heterocycles. The Hall–Kier alpha value is -1.79. The zero-order chi connectivity index (χ0) is 12.9. The quantitative estimate of drug-likeness (QED) is 0.647. The van der Waals surface area contributed by atoms with E-state index in [9.17, 15) is 14.4 Å². The van der Waals surface area contributed by atoms with E-state index in [-0.39, 0.29) is 12.1 Å². The maximum absolute atomic E-state index is 11.6. The number of nitrogens with zero attached hydrogens (tertiary/aromatic N) is 1. The maximum Gasteiger partial charge on any atom is 0.330 e. The average molecular weight is 230 g/mol. The van der Waals surface area contributed by atoms with E-state index in [2.05, 4.69) is 0 Å². The van der Waals surface area contributed by atoms with E-state index in [1.54, 1.807) is 5.32 Å². The molecule has 92 valence electrons. The summed E-state index contributed by atoms with van der Waals surface area (Å²) >= 11 is 0. The fourth-order valence-electron chi connectivity index (χ4n) is 1.37. The van der Waals surface area contributed by atoms with E-state index < -0.39 is 18.1 Å². The third-order valence-electron chi connectivity index (χ3n) is 1.80. The standard InChI is InChI=1S/C9H18N4O3/c1-5(2)13(6(3)4)9(16)12-8(15)11-7(10)14/h5-6H,1-4H3,(H4,10,11,12,14,15,16). The Balaban J connectivity index is 4.42. The number of rotatable bonds is 2. The lowest BCUT2D eigenvalue weighted by Crippen LogP contribution is -2.53. The van der Waals surface area contributed by atoms with Crippen molar-refractivity contribution in [2.45, 2.75) is 39.8 Å². The molecule has 0 heterocycles. The molecule has 0 atom stereocenters. The van der Waals surface area contributed by atoms with Crippen molar-refractivity contribution in [1.29, 1.82) is 0 Å². The minimum Gasteiger partial charge on any atom is -0.351 e. The van der Waals surface area contributed by atoms with Crippen LogP contribution in [0.15, 0.2) is 0 Å². The molecule has 16 heavy (non-hydrogen) atoms. The molecular formula is C9H18N4O3. The van der Waals surface area contributed by atoms with Crippen molar-refractivity contribution in [2.24, 2.45) is 5.73 Å². The second-order valence-corrected chi connectivity index (χ2v) is 3.84. The molecule has 0 spiro atoms. The lowest BCUT2D eigenvalue weighted by Gasteiger charge is -2.30. The largest absolute Gasteiger partial charge is 0.351 e. The number of imide groups is 2. The normalized spacial score (nSPS) is 10.1. The smallest absolute Gasteiger partial charge is 0.330 e. The SMILES string of the molecule is CC(C)N(C(=O)NC(=O)NC(N)=O)C(C)C. The third kappa shape index (κ3) is 4.63. The van der Waals surface area contributed by atoms with Gasteiger partial charge >= 0.3 is 18.1 Å². The van der Waals surface area contributed by atoms with Crippen LogP contribution >= 0.6 is 0 Å². The molecule has 0 aliphatic rings. The Labute approximate surface area is 94.3 Å². The monoisotopic (exact) mass is 230 g/mol. The molecule has 0 saturated heterocycles. The number of nitrogens with two attached hydrogens (primary N) is 1. The lowest BCUT2D eigenvalue weighted by atomic mass is 10.2. The Morgan fingerprint density at radius 3 is 1.75 bits per heavy atom. The van der Waals surface area contributed by atoms with E-state index in [0.29, 0.717) is 0 Å². The van der Waals surface area contributed by atoms with Gasteiger partial charge < -0.3 is 10.6 Å². The van der Waals surface area contributed by atoms with Gasteiger partial charge in [0.2, 0.25) is 0 Å². The fraction of sp³-hybridized carbons (Fsp3) is 0.667. The van der Waals surface area contributed by atoms with Gasteiger partial charge in [-0.3, -0.25) is 10.6 Å². The highest BCUT2D eigenvalue weighted by Crippen LogP contribution is 2.04. The molecule has 0 fully saturated rings. The molecule has 6 amide bonds. The molecular weight excluding hydrogens is 212 g/mol. The van der Waals surface area contributed by atoms with E-state index in [0.717, 1.165) is 0 Å². The molecule has 0 aliphatic carbocycles. The maximum atomic E-state index is 11.6. The highest BCUT2D eigenvalue weighted by molar-refractivity contribution is 6.00. The van der Waals surface area contributed by atoms with Crippen molar-refractivity contribution in [1.82, 2.24) is 15.5 Å². The first kappa shape index (κ1) is 14.2. The molecule has 0 bridgehead atoms. The summed E-state index contributed by atoms with van der Waals surface area (Å²) in [5, 5.41) is 3.76. The third-order valence-corrected chi connectivity index (χ3v) is 1.80. The molecule has 0 rings (SSSR count). The van der Waals surface area contributed by atoms with Crippen molar-refractivity contribution in [3.63, 3.8) is 0 Å². The summed E-state index contributed by atoms with van der Waals surface area (Å²) < 4.78 is 0. The van der Waals surface area contributed by atoms with Gasteiger partial charge in [0, 0.05) is 12.1 Å². The van der Waals surface area contributed by atoms with Gasteiger partial charge in [0.15, 0.2) is 0 Å². The second-order valence-electron chi connectivity index (χ2n) is 3.84. The molecule has 0 saturated carbocycles. The predicted octanol–water partition coefficient (Wildman–Crippen LogP) is 0.603. The summed E-state index contributed by atoms with van der Waals surface area (Å²) in [7, 11) is 0. The first-order chi connectivity index (χ1) is 7.25. The van der Waals surface area contributed by atoms with Crippen LogP contribution in [0.5, 0.6) is 0 Å². The van der Waals surface area contributed by atoms with Crippen LogP contribution in [0.1, 0.15) is 27.7 Å². The summed E-state index contributed by atoms with van der Waals surface area (Å²) in [5.41, 5.74) is 4.73. The van der Waals surface area contributed by atoms with Crippen LogP contribution in [0.2, 0.25) is 0 Å². The van der Waals surface area contributed by atoms with Crippen LogP contribution in [0.3, 0.4) is 0 Å². The minimum atomic E-state index is -1.01. The number of carbonyl (C=O) groups excluding carboxylic acids is 3. The van der Waals surface area contributed by atoms with Gasteiger partial charge in [-0.2, -0.15) is 0 Å². The number of hydrogen-bond donors (Lipinski definition) is 3. The topological polar surface area (TPSA) is 105 Å². The van der Waals surface area contributed by atoms with Crippen LogP contribution in [-0.4, -0.2) is 35.1 Å². The van der Waals surface area contributed by atoms with Gasteiger partial charge in [0.1, 0.15) is 0 Å². The second kappa shape index (κ2) is 5.94. The van der Waals surface area contributed by atoms with E-state index in [1.165, 1.54) is 4.90 Å². The van der Waals surface area contributed by atoms with Gasteiger partial charge in [-0.05, 0) is 27.7 Å². The molecule has 7 heteroatoms. The summed E-state index contributed by atoms with van der Waals surface area (Å²) in [5.74, 6) is 0. The van der Waals surface area contributed by atoms with E-state index >= 15 is 0 Å². The lowest BCUT2D eigenvalue weighted by molar-refractivity contribution is 0.165. The number of urea groups is 3. The van der Waals surface area contributed by atoms with Crippen molar-refractivity contribution in [3.8, 4) is 0 Å². The van der Waals surface area contributed by atoms with Crippen molar-refractivity contribution >= 4 is 18.1 Å². The van der Waals surface area contributed by atoms with Gasteiger partial charge in [-0.25, -0.2) is 14.4 Å². The van der Waals surface area contributed by atoms with Crippen molar-refractivity contribution in [3.05, 3.63) is 0 Å². The first-order valence-electron chi connectivity index (χ1n) is 4.95. The zero-order valence-corrected chi connectivity index (χ0v) is 9.90. The summed E-state index contributed by atoms with van der Waals surface area (Å²) in [4.78, 5) is 34.5. The highest BCUT2D eigenvalue weighted by atomic mass is 16.2. The van der Waals surface area contributed by atoms with Crippen LogP contribution in [0.25, 0.3) is 0 Å². The van der Waals surface area contributed by atoms with Crippen LogP contribution < -0.4 is 16.4 Å². The van der Waals surface area contributed by atoms with Gasteiger partial charge in [-0.1, -0.05) is 0 Å². The number of amides is 6. The van der Waals surface area contributed by atoms with Crippen LogP contribution in [-0.2, 0) is 0 Å². The zero-order valence-electron chi connectivity index (χ0n) is 9.90. The summed E-state index contributed by atoms with van der Waals surface area (Å²) in [6.45, 7) is 7.30. The molecule has 0 unspecified atom stereocenters. The Kier molecular flexibility index (Phi) is 5.27. The number of hydrogen-bond acceptors (Lipinski definition) is 3. The Morgan fingerprint density at radius 2 is 1.44 bits per heavy atom. The fourth-order valence-corrected chi connectivity index (χ4v) is 1.37. The van der Waals surface area contributed by atoms with E-state index in [1.807, 2.05) is 33.0 Å². The molecule has 0 aliphatic heterocycles. The van der Waals surface area contributed by atoms with E-state index in [4.69, 9.17) is 5.73 Å². The van der Waals surface area contributed by atoms with Gasteiger partial charge in [0.05, 0.1) is 0 Å². The molecule has 0 aromatic rings. The van der Waals surface area contributed by atoms with Gasteiger partial charge in [-0.15, -0.1) is 0 Å². The Morgan fingerprint density at radius 1 is 1.00 bits per heavy atom. The van der Waals surface area contributed by atoms with Gasteiger partial charge in [0.25, 0.3) is 0 Å².